The Bertz CT molecular complexity index is 554. The molecule has 3 N–H and O–H groups in total. The van der Waals surface area contributed by atoms with E-state index in [9.17, 15) is 9.90 Å². The van der Waals surface area contributed by atoms with Gasteiger partial charge in [0.2, 0.25) is 5.91 Å². The predicted octanol–water partition coefficient (Wildman–Crippen LogP) is 1.15. The number of benzene rings is 1. The average Bonchev–Trinajstić information content (AvgIpc) is 2.79. The Morgan fingerprint density at radius 3 is 2.74 bits per heavy atom. The minimum absolute atomic E-state index is 0.0347. The molecule has 5 nitrogen and oxygen atoms in total. The smallest absolute Gasteiger partial charge is 0.237 e. The van der Waals surface area contributed by atoms with Gasteiger partial charge in [-0.3, -0.25) is 4.79 Å². The van der Waals surface area contributed by atoms with Gasteiger partial charge in [-0.2, -0.15) is 0 Å². The lowest BCUT2D eigenvalue weighted by molar-refractivity contribution is -0.118. The molecule has 1 amide bonds. The van der Waals surface area contributed by atoms with E-state index in [2.05, 4.69) is 4.98 Å². The molecule has 6 heteroatoms. The van der Waals surface area contributed by atoms with Gasteiger partial charge in [0.05, 0.1) is 18.5 Å². The number of aromatic nitrogens is 2. The third-order valence-electron chi connectivity index (χ3n) is 2.59. The van der Waals surface area contributed by atoms with E-state index in [-0.39, 0.29) is 13.2 Å². The Hall–Kier alpha value is -1.79. The standard InChI is InChI=1S/C13H15N3O2S/c14-12(18)7-16-11(8-17)6-15-13(16)19-9-10-4-2-1-3-5-10/h1-6,17H,7-9H2,(H2,14,18). The Morgan fingerprint density at radius 1 is 1.37 bits per heavy atom. The van der Waals surface area contributed by atoms with Crippen LogP contribution < -0.4 is 5.73 Å². The zero-order valence-corrected chi connectivity index (χ0v) is 11.1. The molecule has 2 rings (SSSR count). The molecule has 1 heterocycles. The third kappa shape index (κ3) is 3.59. The summed E-state index contributed by atoms with van der Waals surface area (Å²) in [5, 5.41) is 9.89. The van der Waals surface area contributed by atoms with Crippen LogP contribution in [0.25, 0.3) is 0 Å². The lowest BCUT2D eigenvalue weighted by Crippen LogP contribution is -2.20. The normalized spacial score (nSPS) is 10.6. The van der Waals surface area contributed by atoms with Crippen LogP contribution in [-0.4, -0.2) is 20.6 Å². The molecule has 0 spiro atoms. The van der Waals surface area contributed by atoms with Gasteiger partial charge in [-0.25, -0.2) is 4.98 Å². The van der Waals surface area contributed by atoms with Crippen molar-refractivity contribution in [1.29, 1.82) is 0 Å². The van der Waals surface area contributed by atoms with Gasteiger partial charge in [0.1, 0.15) is 6.54 Å². The Morgan fingerprint density at radius 2 is 2.11 bits per heavy atom. The molecule has 100 valence electrons. The van der Waals surface area contributed by atoms with E-state index in [0.717, 1.165) is 5.75 Å². The summed E-state index contributed by atoms with van der Waals surface area (Å²) < 4.78 is 1.65. The monoisotopic (exact) mass is 277 g/mol. The van der Waals surface area contributed by atoms with Crippen molar-refractivity contribution in [3.63, 3.8) is 0 Å². The zero-order valence-electron chi connectivity index (χ0n) is 10.3. The largest absolute Gasteiger partial charge is 0.390 e. The highest BCUT2D eigenvalue weighted by Crippen LogP contribution is 2.22. The molecule has 1 aromatic carbocycles. The van der Waals surface area contributed by atoms with Gasteiger partial charge in [0, 0.05) is 5.75 Å². The molecule has 0 saturated heterocycles. The predicted molar refractivity (Wildman–Crippen MR) is 73.3 cm³/mol. The molecule has 0 atom stereocenters. The summed E-state index contributed by atoms with van der Waals surface area (Å²) in [4.78, 5) is 15.3. The van der Waals surface area contributed by atoms with Crippen LogP contribution in [-0.2, 0) is 23.7 Å². The SMILES string of the molecule is NC(=O)Cn1c(CO)cnc1SCc1ccccc1. The molecular weight excluding hydrogens is 262 g/mol. The minimum atomic E-state index is -0.450. The fraction of sp³-hybridized carbons (Fsp3) is 0.231. The van der Waals surface area contributed by atoms with Crippen LogP contribution in [0.1, 0.15) is 11.3 Å². The maximum absolute atomic E-state index is 11.0. The van der Waals surface area contributed by atoms with Crippen molar-refractivity contribution in [3.05, 3.63) is 47.8 Å². The third-order valence-corrected chi connectivity index (χ3v) is 3.65. The van der Waals surface area contributed by atoms with Crippen LogP contribution in [0.3, 0.4) is 0 Å². The van der Waals surface area contributed by atoms with Crippen LogP contribution in [0.5, 0.6) is 0 Å². The van der Waals surface area contributed by atoms with E-state index in [1.54, 1.807) is 10.8 Å². The second kappa shape index (κ2) is 6.40. The van der Waals surface area contributed by atoms with Crippen molar-refractivity contribution >= 4 is 17.7 Å². The molecule has 19 heavy (non-hydrogen) atoms. The Balaban J connectivity index is 2.11. The Labute approximate surface area is 115 Å². The molecule has 0 fully saturated rings. The first-order chi connectivity index (χ1) is 9.20. The molecule has 0 saturated carbocycles. The number of aliphatic hydroxyl groups is 1. The first-order valence-corrected chi connectivity index (χ1v) is 6.79. The number of rotatable bonds is 6. The molecule has 0 bridgehead atoms. The lowest BCUT2D eigenvalue weighted by Gasteiger charge is -2.08. The first kappa shape index (κ1) is 13.6. The first-order valence-electron chi connectivity index (χ1n) is 5.81. The fourth-order valence-electron chi connectivity index (χ4n) is 1.68. The molecule has 0 aliphatic rings. The van der Waals surface area contributed by atoms with Gasteiger partial charge in [-0.1, -0.05) is 42.1 Å². The number of hydrogen-bond donors (Lipinski definition) is 2. The lowest BCUT2D eigenvalue weighted by atomic mass is 10.2. The zero-order chi connectivity index (χ0) is 13.7. The fourth-order valence-corrected chi connectivity index (χ4v) is 2.63. The minimum Gasteiger partial charge on any atom is -0.390 e. The van der Waals surface area contributed by atoms with Crippen LogP contribution in [0.4, 0.5) is 0 Å². The quantitative estimate of drug-likeness (QED) is 0.776. The van der Waals surface area contributed by atoms with Crippen molar-refractivity contribution in [2.75, 3.05) is 0 Å². The molecule has 1 aromatic heterocycles. The maximum atomic E-state index is 11.0. The summed E-state index contributed by atoms with van der Waals surface area (Å²) in [6.45, 7) is -0.126. The maximum Gasteiger partial charge on any atom is 0.237 e. The number of hydrogen-bond acceptors (Lipinski definition) is 4. The van der Waals surface area contributed by atoms with Gasteiger partial charge in [-0.15, -0.1) is 0 Å². The summed E-state index contributed by atoms with van der Waals surface area (Å²) in [6.07, 6.45) is 1.57. The molecule has 2 aromatic rings. The van der Waals surface area contributed by atoms with Crippen LogP contribution in [0.15, 0.2) is 41.7 Å². The number of primary amides is 1. The van der Waals surface area contributed by atoms with Crippen molar-refractivity contribution in [1.82, 2.24) is 9.55 Å². The van der Waals surface area contributed by atoms with Crippen molar-refractivity contribution < 1.29 is 9.90 Å². The van der Waals surface area contributed by atoms with E-state index >= 15 is 0 Å². The van der Waals surface area contributed by atoms with E-state index < -0.39 is 5.91 Å². The molecule has 0 unspecified atom stereocenters. The average molecular weight is 277 g/mol. The number of imidazole rings is 1. The van der Waals surface area contributed by atoms with Crippen molar-refractivity contribution in [3.8, 4) is 0 Å². The van der Waals surface area contributed by atoms with Crippen LogP contribution in [0, 0.1) is 0 Å². The van der Waals surface area contributed by atoms with E-state index in [0.29, 0.717) is 10.9 Å². The second-order valence-electron chi connectivity index (χ2n) is 4.02. The van der Waals surface area contributed by atoms with Crippen LogP contribution in [0.2, 0.25) is 0 Å². The number of carbonyl (C=O) groups is 1. The Kier molecular flexibility index (Phi) is 4.59. The summed E-state index contributed by atoms with van der Waals surface area (Å²) >= 11 is 1.51. The molecule has 0 aliphatic heterocycles. The highest BCUT2D eigenvalue weighted by Gasteiger charge is 2.11. The van der Waals surface area contributed by atoms with Crippen molar-refractivity contribution in [2.45, 2.75) is 24.1 Å². The topological polar surface area (TPSA) is 81.1 Å². The number of nitrogens with two attached hydrogens (primary N) is 1. The van der Waals surface area contributed by atoms with Gasteiger partial charge in [0.25, 0.3) is 0 Å². The van der Waals surface area contributed by atoms with Gasteiger partial charge in [-0.05, 0) is 5.56 Å². The van der Waals surface area contributed by atoms with E-state index in [1.165, 1.54) is 17.3 Å². The second-order valence-corrected chi connectivity index (χ2v) is 4.96. The number of amides is 1. The van der Waals surface area contributed by atoms with Gasteiger partial charge in [0.15, 0.2) is 5.16 Å². The van der Waals surface area contributed by atoms with E-state index in [4.69, 9.17) is 5.73 Å². The summed E-state index contributed by atoms with van der Waals surface area (Å²) in [7, 11) is 0. The molecule has 0 radical (unpaired) electrons. The number of aliphatic hydroxyl groups excluding tert-OH is 1. The summed E-state index contributed by atoms with van der Waals surface area (Å²) in [5.74, 6) is 0.302. The summed E-state index contributed by atoms with van der Waals surface area (Å²) in [5.41, 5.74) is 6.97. The van der Waals surface area contributed by atoms with E-state index in [1.807, 2.05) is 30.3 Å². The van der Waals surface area contributed by atoms with Gasteiger partial charge >= 0.3 is 0 Å². The highest BCUT2D eigenvalue weighted by atomic mass is 32.2. The number of thioether (sulfide) groups is 1. The molecule has 0 aliphatic carbocycles. The number of carbonyl (C=O) groups excluding carboxylic acids is 1. The van der Waals surface area contributed by atoms with Crippen molar-refractivity contribution in [2.24, 2.45) is 5.73 Å². The summed E-state index contributed by atoms with van der Waals surface area (Å²) in [6, 6.07) is 9.98. The molecular formula is C13H15N3O2S. The highest BCUT2D eigenvalue weighted by molar-refractivity contribution is 7.98. The number of nitrogens with zero attached hydrogens (tertiary/aromatic N) is 2. The van der Waals surface area contributed by atoms with Crippen LogP contribution >= 0.6 is 11.8 Å². The van der Waals surface area contributed by atoms with Gasteiger partial charge < -0.3 is 15.4 Å².